The zero-order valence-corrected chi connectivity index (χ0v) is 17.7. The molecular weight excluding hydrogens is 386 g/mol. The van der Waals surface area contributed by atoms with Crippen LogP contribution in [0.3, 0.4) is 0 Å². The average Bonchev–Trinajstić information content (AvgIpc) is 3.26. The molecule has 1 saturated heterocycles. The number of benzene rings is 2. The van der Waals surface area contributed by atoms with E-state index in [4.69, 9.17) is 0 Å². The zero-order chi connectivity index (χ0) is 20.6. The Bertz CT molecular complexity index is 1010. The maximum Gasteiger partial charge on any atom is 0.282 e. The molecule has 0 aromatic heterocycles. The van der Waals surface area contributed by atoms with Crippen LogP contribution in [-0.4, -0.2) is 49.1 Å². The minimum absolute atomic E-state index is 0.0892. The molecule has 0 bridgehead atoms. The van der Waals surface area contributed by atoms with Gasteiger partial charge >= 0.3 is 0 Å². The molecule has 1 N–H and O–H groups in total. The van der Waals surface area contributed by atoms with E-state index in [9.17, 15) is 13.2 Å². The SMILES string of the molecule is CCN(C)S(=O)(=O)N1CC[C@]2(C(=O)Nc3ccccc32)[C@@H]1CCc1ccccc1. The number of nitrogens with zero attached hydrogens (tertiary/aromatic N) is 2. The fourth-order valence-electron chi connectivity index (χ4n) is 4.73. The molecule has 2 heterocycles. The van der Waals surface area contributed by atoms with Gasteiger partial charge in [0.1, 0.15) is 0 Å². The molecule has 1 fully saturated rings. The molecule has 1 spiro atoms. The van der Waals surface area contributed by atoms with Gasteiger partial charge in [-0.25, -0.2) is 0 Å². The second-order valence-corrected chi connectivity index (χ2v) is 9.78. The van der Waals surface area contributed by atoms with Gasteiger partial charge in [0.25, 0.3) is 10.2 Å². The Morgan fingerprint density at radius 1 is 1.14 bits per heavy atom. The molecule has 0 unspecified atom stereocenters. The lowest BCUT2D eigenvalue weighted by Gasteiger charge is -2.35. The maximum atomic E-state index is 13.3. The van der Waals surface area contributed by atoms with Crippen molar-refractivity contribution in [3.63, 3.8) is 0 Å². The lowest BCUT2D eigenvalue weighted by molar-refractivity contribution is -0.121. The van der Waals surface area contributed by atoms with E-state index in [0.717, 1.165) is 16.8 Å². The van der Waals surface area contributed by atoms with Crippen molar-refractivity contribution in [2.75, 3.05) is 25.5 Å². The third kappa shape index (κ3) is 3.17. The standard InChI is InChI=1S/C22H27N3O3S/c1-3-24(2)29(27,28)25-16-15-22(18-11-7-8-12-19(18)23-21(22)26)20(25)14-13-17-9-5-4-6-10-17/h4-12,20H,3,13-16H2,1-2H3,(H,23,26)/t20-,22+/m0/s1. The molecule has 2 aliphatic rings. The summed E-state index contributed by atoms with van der Waals surface area (Å²) in [6, 6.07) is 17.3. The topological polar surface area (TPSA) is 69.7 Å². The summed E-state index contributed by atoms with van der Waals surface area (Å²) in [6.45, 7) is 2.55. The van der Waals surface area contributed by atoms with Crippen LogP contribution in [0.5, 0.6) is 0 Å². The van der Waals surface area contributed by atoms with E-state index in [1.165, 1.54) is 4.31 Å². The molecule has 4 rings (SSSR count). The first kappa shape index (κ1) is 20.1. The van der Waals surface area contributed by atoms with Crippen LogP contribution < -0.4 is 5.32 Å². The van der Waals surface area contributed by atoms with Crippen molar-refractivity contribution in [1.82, 2.24) is 8.61 Å². The molecule has 6 nitrogen and oxygen atoms in total. The first-order valence-corrected chi connectivity index (χ1v) is 11.5. The molecule has 2 atom stereocenters. The van der Waals surface area contributed by atoms with E-state index in [1.807, 2.05) is 61.5 Å². The second-order valence-electron chi connectivity index (χ2n) is 7.79. The molecule has 7 heteroatoms. The fraction of sp³-hybridized carbons (Fsp3) is 0.409. The van der Waals surface area contributed by atoms with Crippen LogP contribution in [-0.2, 0) is 26.8 Å². The molecular formula is C22H27N3O3S. The summed E-state index contributed by atoms with van der Waals surface area (Å²) in [6.07, 6.45) is 1.79. The summed E-state index contributed by atoms with van der Waals surface area (Å²) >= 11 is 0. The Morgan fingerprint density at radius 2 is 1.83 bits per heavy atom. The first-order chi connectivity index (χ1) is 13.9. The van der Waals surface area contributed by atoms with Gasteiger partial charge in [-0.3, -0.25) is 4.79 Å². The van der Waals surface area contributed by atoms with Gasteiger partial charge in [-0.1, -0.05) is 55.5 Å². The first-order valence-electron chi connectivity index (χ1n) is 10.1. The van der Waals surface area contributed by atoms with Gasteiger partial charge in [-0.05, 0) is 36.5 Å². The molecule has 0 aliphatic carbocycles. The van der Waals surface area contributed by atoms with Gasteiger partial charge in [0.15, 0.2) is 0 Å². The van der Waals surface area contributed by atoms with E-state index < -0.39 is 21.7 Å². The highest BCUT2D eigenvalue weighted by atomic mass is 32.2. The van der Waals surface area contributed by atoms with E-state index >= 15 is 0 Å². The Hall–Kier alpha value is -2.22. The third-order valence-corrected chi connectivity index (χ3v) is 8.46. The molecule has 0 radical (unpaired) electrons. The van der Waals surface area contributed by atoms with E-state index in [2.05, 4.69) is 5.32 Å². The summed E-state index contributed by atoms with van der Waals surface area (Å²) in [4.78, 5) is 13.2. The summed E-state index contributed by atoms with van der Waals surface area (Å²) in [7, 11) is -2.05. The lowest BCUT2D eigenvalue weighted by atomic mass is 9.73. The number of nitrogens with one attached hydrogen (secondary N) is 1. The Kier molecular flexibility index (Phi) is 5.23. The predicted molar refractivity (Wildman–Crippen MR) is 114 cm³/mol. The quantitative estimate of drug-likeness (QED) is 0.792. The van der Waals surface area contributed by atoms with E-state index in [1.54, 1.807) is 11.4 Å². The highest BCUT2D eigenvalue weighted by Crippen LogP contribution is 2.50. The molecule has 0 saturated carbocycles. The zero-order valence-electron chi connectivity index (χ0n) is 16.8. The van der Waals surface area contributed by atoms with Crippen LogP contribution in [0.2, 0.25) is 0 Å². The third-order valence-electron chi connectivity index (χ3n) is 6.39. The van der Waals surface area contributed by atoms with E-state index in [0.29, 0.717) is 32.4 Å². The Labute approximate surface area is 172 Å². The van der Waals surface area contributed by atoms with Gasteiger partial charge in [-0.15, -0.1) is 0 Å². The molecule has 154 valence electrons. The normalized spacial score (nSPS) is 24.2. The van der Waals surface area contributed by atoms with Crippen molar-refractivity contribution in [3.05, 3.63) is 65.7 Å². The highest BCUT2D eigenvalue weighted by molar-refractivity contribution is 7.86. The second kappa shape index (κ2) is 7.55. The Morgan fingerprint density at radius 3 is 2.55 bits per heavy atom. The smallest absolute Gasteiger partial charge is 0.282 e. The molecule has 2 aliphatic heterocycles. The van der Waals surface area contributed by atoms with Crippen LogP contribution in [0.15, 0.2) is 54.6 Å². The number of carbonyl (C=O) groups excluding carboxylic acids is 1. The minimum atomic E-state index is -3.65. The van der Waals surface area contributed by atoms with Crippen molar-refractivity contribution in [2.45, 2.75) is 37.6 Å². The number of amides is 1. The van der Waals surface area contributed by atoms with Crippen molar-refractivity contribution in [1.29, 1.82) is 0 Å². The molecule has 2 aromatic carbocycles. The van der Waals surface area contributed by atoms with Crippen LogP contribution in [0.4, 0.5) is 5.69 Å². The Balaban J connectivity index is 1.76. The maximum absolute atomic E-state index is 13.3. The largest absolute Gasteiger partial charge is 0.325 e. The average molecular weight is 414 g/mol. The molecule has 1 amide bonds. The van der Waals surface area contributed by atoms with Crippen LogP contribution in [0.25, 0.3) is 0 Å². The van der Waals surface area contributed by atoms with Gasteiger partial charge in [0, 0.05) is 31.9 Å². The summed E-state index contributed by atoms with van der Waals surface area (Å²) in [5, 5.41) is 3.00. The van der Waals surface area contributed by atoms with Crippen LogP contribution >= 0.6 is 0 Å². The summed E-state index contributed by atoms with van der Waals surface area (Å²) in [5.41, 5.74) is 2.01. The predicted octanol–water partition coefficient (Wildman–Crippen LogP) is 2.78. The number of hydrogen-bond acceptors (Lipinski definition) is 3. The van der Waals surface area contributed by atoms with Crippen LogP contribution in [0, 0.1) is 0 Å². The van der Waals surface area contributed by atoms with Gasteiger partial charge in [-0.2, -0.15) is 17.0 Å². The number of rotatable bonds is 6. The van der Waals surface area contributed by atoms with Crippen molar-refractivity contribution >= 4 is 21.8 Å². The van der Waals surface area contributed by atoms with E-state index in [-0.39, 0.29) is 5.91 Å². The molecule has 2 aromatic rings. The number of hydrogen-bond donors (Lipinski definition) is 1. The minimum Gasteiger partial charge on any atom is -0.325 e. The number of carbonyl (C=O) groups is 1. The number of fused-ring (bicyclic) bond motifs is 2. The fourth-order valence-corrected chi connectivity index (χ4v) is 6.34. The summed E-state index contributed by atoms with van der Waals surface area (Å²) in [5.74, 6) is -0.0892. The number of anilines is 1. The lowest BCUT2D eigenvalue weighted by Crippen LogP contribution is -2.51. The monoisotopic (exact) mass is 413 g/mol. The van der Waals surface area contributed by atoms with Crippen molar-refractivity contribution < 1.29 is 13.2 Å². The highest BCUT2D eigenvalue weighted by Gasteiger charge is 2.60. The van der Waals surface area contributed by atoms with Crippen LogP contribution in [0.1, 0.15) is 30.9 Å². The van der Waals surface area contributed by atoms with Gasteiger partial charge in [0.05, 0.1) is 5.41 Å². The summed E-state index contributed by atoms with van der Waals surface area (Å²) < 4.78 is 29.4. The van der Waals surface area contributed by atoms with Gasteiger partial charge < -0.3 is 5.32 Å². The van der Waals surface area contributed by atoms with Crippen molar-refractivity contribution in [3.8, 4) is 0 Å². The molecule has 29 heavy (non-hydrogen) atoms. The number of para-hydroxylation sites is 1. The number of aryl methyl sites for hydroxylation is 1. The van der Waals surface area contributed by atoms with Crippen molar-refractivity contribution in [2.24, 2.45) is 0 Å². The van der Waals surface area contributed by atoms with Gasteiger partial charge in [0.2, 0.25) is 5.91 Å².